The zero-order valence-corrected chi connectivity index (χ0v) is 17.4. The molecular formula is C22H31IO2. The van der Waals surface area contributed by atoms with E-state index in [2.05, 4.69) is 76.8 Å². The van der Waals surface area contributed by atoms with Gasteiger partial charge in [0.2, 0.25) is 0 Å². The lowest BCUT2D eigenvalue weighted by molar-refractivity contribution is -0.131. The molecule has 0 N–H and O–H groups in total. The van der Waals surface area contributed by atoms with Crippen molar-refractivity contribution in [2.75, 3.05) is 0 Å². The van der Waals surface area contributed by atoms with Gasteiger partial charge in [-0.15, -0.1) is 0 Å². The summed E-state index contributed by atoms with van der Waals surface area (Å²) in [6.45, 7) is 2.15. The van der Waals surface area contributed by atoms with Crippen LogP contribution in [0.15, 0.2) is 72.9 Å². The molecule has 0 spiro atoms. The Morgan fingerprint density at radius 2 is 1.04 bits per heavy atom. The number of allylic oxidation sites excluding steroid dienone is 12. The first-order valence-electron chi connectivity index (χ1n) is 9.02. The first-order valence-corrected chi connectivity index (χ1v) is 9.90. The Kier molecular flexibility index (Phi) is 19.6. The van der Waals surface area contributed by atoms with Crippen LogP contribution >= 0.6 is 23.0 Å². The van der Waals surface area contributed by atoms with Crippen LogP contribution in [-0.2, 0) is 7.86 Å². The zero-order valence-electron chi connectivity index (χ0n) is 15.3. The van der Waals surface area contributed by atoms with Gasteiger partial charge in [0.05, 0.1) is 0 Å². The fourth-order valence-corrected chi connectivity index (χ4v) is 2.10. The zero-order chi connectivity index (χ0) is 18.4. The molecule has 0 rings (SSSR count). The first-order chi connectivity index (χ1) is 12.3. The highest BCUT2D eigenvalue weighted by atomic mass is 127. The van der Waals surface area contributed by atoms with Gasteiger partial charge < -0.3 is 3.07 Å². The van der Waals surface area contributed by atoms with Crippen molar-refractivity contribution in [1.82, 2.24) is 0 Å². The molecular weight excluding hydrogens is 423 g/mol. The molecule has 0 aromatic heterocycles. The van der Waals surface area contributed by atoms with Crippen LogP contribution in [0, 0.1) is 0 Å². The predicted molar refractivity (Wildman–Crippen MR) is 118 cm³/mol. The van der Waals surface area contributed by atoms with Crippen LogP contribution in [0.3, 0.4) is 0 Å². The molecule has 0 amide bonds. The van der Waals surface area contributed by atoms with Gasteiger partial charge in [0, 0.05) is 6.42 Å². The monoisotopic (exact) mass is 454 g/mol. The van der Waals surface area contributed by atoms with Gasteiger partial charge in [-0.3, -0.25) is 4.79 Å². The summed E-state index contributed by atoms with van der Waals surface area (Å²) in [6.07, 6.45) is 33.2. The second-order valence-electron chi connectivity index (χ2n) is 5.40. The van der Waals surface area contributed by atoms with Gasteiger partial charge in [-0.25, -0.2) is 0 Å². The summed E-state index contributed by atoms with van der Waals surface area (Å²) >= 11 is 1.62. The maximum absolute atomic E-state index is 10.9. The van der Waals surface area contributed by atoms with E-state index in [1.807, 2.05) is 6.08 Å². The largest absolute Gasteiger partial charge is 0.394 e. The number of hydrogen-bond acceptors (Lipinski definition) is 2. The third kappa shape index (κ3) is 20.6. The van der Waals surface area contributed by atoms with Crippen molar-refractivity contribution >= 4 is 29.0 Å². The Bertz CT molecular complexity index is 482. The van der Waals surface area contributed by atoms with E-state index in [-0.39, 0.29) is 5.97 Å². The Balaban J connectivity index is 3.53. The van der Waals surface area contributed by atoms with Crippen LogP contribution in [0.25, 0.3) is 0 Å². The average Bonchev–Trinajstić information content (AvgIpc) is 2.63. The number of hydrogen-bond donors (Lipinski definition) is 0. The van der Waals surface area contributed by atoms with Gasteiger partial charge in [-0.05, 0) is 44.9 Å². The number of rotatable bonds is 14. The van der Waals surface area contributed by atoms with Crippen molar-refractivity contribution < 1.29 is 7.86 Å². The molecule has 2 nitrogen and oxygen atoms in total. The van der Waals surface area contributed by atoms with Crippen molar-refractivity contribution in [1.29, 1.82) is 0 Å². The molecule has 3 heteroatoms. The van der Waals surface area contributed by atoms with E-state index in [1.54, 1.807) is 23.0 Å². The number of carbonyl (C=O) groups is 1. The minimum Gasteiger partial charge on any atom is -0.394 e. The predicted octanol–water partition coefficient (Wildman–Crippen LogP) is 7.36. The second kappa shape index (κ2) is 20.7. The average molecular weight is 454 g/mol. The summed E-state index contributed by atoms with van der Waals surface area (Å²) < 4.78 is 4.55. The smallest absolute Gasteiger partial charge is 0.315 e. The summed E-state index contributed by atoms with van der Waals surface area (Å²) in [7, 11) is 0. The molecule has 138 valence electrons. The summed E-state index contributed by atoms with van der Waals surface area (Å²) in [5.74, 6) is -0.167. The first kappa shape index (κ1) is 23.6. The van der Waals surface area contributed by atoms with Gasteiger partial charge in [-0.2, -0.15) is 0 Å². The molecule has 0 aliphatic heterocycles. The molecule has 0 unspecified atom stereocenters. The molecule has 0 aliphatic carbocycles. The number of halogens is 1. The second-order valence-corrected chi connectivity index (χ2v) is 5.84. The highest BCUT2D eigenvalue weighted by molar-refractivity contribution is 14.1. The maximum atomic E-state index is 10.9. The highest BCUT2D eigenvalue weighted by Gasteiger charge is 1.96. The van der Waals surface area contributed by atoms with Gasteiger partial charge in [-0.1, -0.05) is 79.8 Å². The summed E-state index contributed by atoms with van der Waals surface area (Å²) in [4.78, 5) is 10.9. The lowest BCUT2D eigenvalue weighted by Gasteiger charge is -1.91. The van der Waals surface area contributed by atoms with Crippen LogP contribution in [0.1, 0.15) is 58.3 Å². The van der Waals surface area contributed by atoms with Gasteiger partial charge in [0.25, 0.3) is 0 Å². The molecule has 0 saturated heterocycles. The van der Waals surface area contributed by atoms with Crippen LogP contribution in [-0.4, -0.2) is 5.97 Å². The molecule has 0 aromatic carbocycles. The summed E-state index contributed by atoms with van der Waals surface area (Å²) in [5, 5.41) is 0. The van der Waals surface area contributed by atoms with Gasteiger partial charge >= 0.3 is 5.97 Å². The number of carbonyl (C=O) groups excluding carboxylic acids is 1. The standard InChI is InChI=1S/C22H31IO2/c1-2-3-4-5-6-7-8-9-10-11-12-13-14-15-16-17-18-19-20-21-22(24)25-23/h3-4,6-7,9-10,12-13,15-16,18-19H,2,5,8,11,14,17,20-21H2,1H3/b4-3-,7-6-,10-9-,13-12-,16-15-,19-18-. The molecule has 0 aromatic rings. The Labute approximate surface area is 167 Å². The molecule has 0 atom stereocenters. The van der Waals surface area contributed by atoms with E-state index in [1.165, 1.54) is 0 Å². The third-order valence-corrected chi connectivity index (χ3v) is 3.69. The summed E-state index contributed by atoms with van der Waals surface area (Å²) in [5.41, 5.74) is 0. The molecule has 0 radical (unpaired) electrons. The SMILES string of the molecule is CC/C=C\C/C=C\C/C=C\C/C=C\C/C=C\C/C=C\CCC(=O)OI. The molecule has 0 fully saturated rings. The Hall–Kier alpha value is -1.36. The quantitative estimate of drug-likeness (QED) is 0.203. The summed E-state index contributed by atoms with van der Waals surface area (Å²) in [6, 6.07) is 0. The molecule has 0 bridgehead atoms. The van der Waals surface area contributed by atoms with E-state index in [0.717, 1.165) is 44.9 Å². The maximum Gasteiger partial charge on any atom is 0.315 e. The molecule has 0 saturated carbocycles. The minimum atomic E-state index is -0.167. The van der Waals surface area contributed by atoms with Crippen LogP contribution < -0.4 is 0 Å². The van der Waals surface area contributed by atoms with E-state index in [9.17, 15) is 4.79 Å². The third-order valence-electron chi connectivity index (χ3n) is 3.20. The topological polar surface area (TPSA) is 26.3 Å². The lowest BCUT2D eigenvalue weighted by Crippen LogP contribution is -1.93. The fourth-order valence-electron chi connectivity index (χ4n) is 1.88. The van der Waals surface area contributed by atoms with Gasteiger partial charge in [0.1, 0.15) is 0 Å². The van der Waals surface area contributed by atoms with Crippen LogP contribution in [0.5, 0.6) is 0 Å². The van der Waals surface area contributed by atoms with Crippen molar-refractivity contribution in [2.45, 2.75) is 58.3 Å². The van der Waals surface area contributed by atoms with E-state index < -0.39 is 0 Å². The van der Waals surface area contributed by atoms with Crippen molar-refractivity contribution in [3.63, 3.8) is 0 Å². The normalized spacial score (nSPS) is 12.9. The highest BCUT2D eigenvalue weighted by Crippen LogP contribution is 2.00. The lowest BCUT2D eigenvalue weighted by atomic mass is 10.2. The van der Waals surface area contributed by atoms with E-state index in [4.69, 9.17) is 0 Å². The van der Waals surface area contributed by atoms with Crippen molar-refractivity contribution in [3.8, 4) is 0 Å². The van der Waals surface area contributed by atoms with E-state index >= 15 is 0 Å². The molecule has 0 heterocycles. The Morgan fingerprint density at radius 3 is 1.40 bits per heavy atom. The van der Waals surface area contributed by atoms with Gasteiger partial charge in [0.15, 0.2) is 23.0 Å². The Morgan fingerprint density at radius 1 is 0.680 bits per heavy atom. The molecule has 0 aliphatic rings. The van der Waals surface area contributed by atoms with Crippen LogP contribution in [0.2, 0.25) is 0 Å². The van der Waals surface area contributed by atoms with Crippen molar-refractivity contribution in [3.05, 3.63) is 72.9 Å². The van der Waals surface area contributed by atoms with Crippen LogP contribution in [0.4, 0.5) is 0 Å². The fraction of sp³-hybridized carbons (Fsp3) is 0.409. The minimum absolute atomic E-state index is 0.167. The molecule has 25 heavy (non-hydrogen) atoms. The van der Waals surface area contributed by atoms with Crippen molar-refractivity contribution in [2.24, 2.45) is 0 Å². The van der Waals surface area contributed by atoms with E-state index in [0.29, 0.717) is 6.42 Å².